The summed E-state index contributed by atoms with van der Waals surface area (Å²) in [6, 6.07) is 5.33. The summed E-state index contributed by atoms with van der Waals surface area (Å²) >= 11 is 0. The molecule has 0 amide bonds. The molecule has 0 radical (unpaired) electrons. The second-order valence-electron chi connectivity index (χ2n) is 4.72. The molecule has 0 saturated heterocycles. The number of fused-ring (bicyclic) bond motifs is 1. The molecule has 0 aliphatic rings. The van der Waals surface area contributed by atoms with Gasteiger partial charge in [-0.2, -0.15) is 0 Å². The zero-order chi connectivity index (χ0) is 12.6. The molecule has 0 saturated carbocycles. The number of nitrogens with one attached hydrogen (secondary N) is 2. The number of hydrogen-bond acceptors (Lipinski definition) is 4. The van der Waals surface area contributed by atoms with E-state index in [4.69, 9.17) is 10.2 Å². The Kier molecular flexibility index (Phi) is 2.81. The first-order valence-corrected chi connectivity index (χ1v) is 5.51. The number of oxazole rings is 1. The molecule has 5 heteroatoms. The number of aromatic nitrogens is 1. The Hall–Kier alpha value is -1.59. The van der Waals surface area contributed by atoms with Crippen molar-refractivity contribution in [1.82, 2.24) is 10.3 Å². The SMILES string of the molecule is CNC(C)(C)C(N)c1ccc2[nH]c(=O)oc2c1. The van der Waals surface area contributed by atoms with Crippen molar-refractivity contribution >= 4 is 11.1 Å². The molecule has 1 unspecified atom stereocenters. The summed E-state index contributed by atoms with van der Waals surface area (Å²) in [7, 11) is 1.87. The van der Waals surface area contributed by atoms with Crippen LogP contribution in [0, 0.1) is 0 Å². The molecule has 1 heterocycles. The van der Waals surface area contributed by atoms with Crippen LogP contribution < -0.4 is 16.8 Å². The first kappa shape index (κ1) is 11.9. The Morgan fingerprint density at radius 1 is 1.47 bits per heavy atom. The third-order valence-corrected chi connectivity index (χ3v) is 3.23. The van der Waals surface area contributed by atoms with Crippen LogP contribution in [0.5, 0.6) is 0 Å². The van der Waals surface area contributed by atoms with E-state index in [0.29, 0.717) is 11.1 Å². The van der Waals surface area contributed by atoms with E-state index in [-0.39, 0.29) is 11.6 Å². The first-order chi connectivity index (χ1) is 7.94. The van der Waals surface area contributed by atoms with Gasteiger partial charge in [-0.1, -0.05) is 6.07 Å². The fourth-order valence-electron chi connectivity index (χ4n) is 1.73. The van der Waals surface area contributed by atoms with Crippen LogP contribution in [0.15, 0.2) is 27.4 Å². The van der Waals surface area contributed by atoms with Gasteiger partial charge in [0.15, 0.2) is 5.58 Å². The maximum Gasteiger partial charge on any atom is 0.417 e. The van der Waals surface area contributed by atoms with Crippen LogP contribution in [0.25, 0.3) is 11.1 Å². The summed E-state index contributed by atoms with van der Waals surface area (Å²) in [4.78, 5) is 13.7. The summed E-state index contributed by atoms with van der Waals surface area (Å²) in [6.07, 6.45) is 0. The number of hydrogen-bond donors (Lipinski definition) is 3. The van der Waals surface area contributed by atoms with E-state index >= 15 is 0 Å². The third-order valence-electron chi connectivity index (χ3n) is 3.23. The Balaban J connectivity index is 2.45. The first-order valence-electron chi connectivity index (χ1n) is 5.51. The fourth-order valence-corrected chi connectivity index (χ4v) is 1.73. The van der Waals surface area contributed by atoms with E-state index in [1.165, 1.54) is 0 Å². The fraction of sp³-hybridized carbons (Fsp3) is 0.417. The molecule has 17 heavy (non-hydrogen) atoms. The van der Waals surface area contributed by atoms with Crippen molar-refractivity contribution in [2.45, 2.75) is 25.4 Å². The monoisotopic (exact) mass is 235 g/mol. The minimum absolute atomic E-state index is 0.183. The van der Waals surface area contributed by atoms with E-state index in [9.17, 15) is 4.79 Å². The van der Waals surface area contributed by atoms with Gasteiger partial charge in [0, 0.05) is 11.6 Å². The molecule has 1 atom stereocenters. The van der Waals surface area contributed by atoms with Gasteiger partial charge in [0.25, 0.3) is 0 Å². The van der Waals surface area contributed by atoms with Crippen LogP contribution in [0.1, 0.15) is 25.5 Å². The smallest absolute Gasteiger partial charge is 0.408 e. The minimum Gasteiger partial charge on any atom is -0.408 e. The molecule has 5 nitrogen and oxygen atoms in total. The van der Waals surface area contributed by atoms with Gasteiger partial charge in [-0.05, 0) is 38.6 Å². The molecule has 0 aliphatic heterocycles. The highest BCUT2D eigenvalue weighted by Crippen LogP contribution is 2.25. The van der Waals surface area contributed by atoms with Gasteiger partial charge in [-0.3, -0.25) is 4.98 Å². The summed E-state index contributed by atoms with van der Waals surface area (Å²) in [5.41, 5.74) is 8.11. The van der Waals surface area contributed by atoms with Crippen molar-refractivity contribution in [2.24, 2.45) is 5.73 Å². The van der Waals surface area contributed by atoms with Gasteiger partial charge in [0.1, 0.15) is 0 Å². The lowest BCUT2D eigenvalue weighted by Gasteiger charge is -2.31. The normalized spacial score (nSPS) is 14.1. The summed E-state index contributed by atoms with van der Waals surface area (Å²) in [6.45, 7) is 4.05. The van der Waals surface area contributed by atoms with Gasteiger partial charge in [-0.15, -0.1) is 0 Å². The highest BCUT2D eigenvalue weighted by Gasteiger charge is 2.26. The van der Waals surface area contributed by atoms with Crippen LogP contribution >= 0.6 is 0 Å². The predicted molar refractivity (Wildman–Crippen MR) is 66.9 cm³/mol. The lowest BCUT2D eigenvalue weighted by atomic mass is 9.89. The second kappa shape index (κ2) is 4.01. The summed E-state index contributed by atoms with van der Waals surface area (Å²) in [5, 5.41) is 3.17. The summed E-state index contributed by atoms with van der Waals surface area (Å²) < 4.78 is 5.02. The van der Waals surface area contributed by atoms with Gasteiger partial charge >= 0.3 is 5.76 Å². The van der Waals surface area contributed by atoms with Crippen molar-refractivity contribution in [2.75, 3.05) is 7.05 Å². The lowest BCUT2D eigenvalue weighted by Crippen LogP contribution is -2.46. The molecular weight excluding hydrogens is 218 g/mol. The van der Waals surface area contributed by atoms with Crippen molar-refractivity contribution in [3.63, 3.8) is 0 Å². The largest absolute Gasteiger partial charge is 0.417 e. The van der Waals surface area contributed by atoms with Crippen molar-refractivity contribution in [3.05, 3.63) is 34.3 Å². The predicted octanol–water partition coefficient (Wildman–Crippen LogP) is 1.12. The van der Waals surface area contributed by atoms with E-state index in [1.807, 2.05) is 27.0 Å². The van der Waals surface area contributed by atoms with Crippen LogP contribution in [0.4, 0.5) is 0 Å². The Bertz CT molecular complexity index is 583. The zero-order valence-corrected chi connectivity index (χ0v) is 10.2. The average Bonchev–Trinajstić information content (AvgIpc) is 2.66. The van der Waals surface area contributed by atoms with E-state index in [2.05, 4.69) is 10.3 Å². The van der Waals surface area contributed by atoms with Crippen LogP contribution in [0.3, 0.4) is 0 Å². The molecule has 2 rings (SSSR count). The number of likely N-dealkylation sites (N-methyl/N-ethyl adjacent to an activating group) is 1. The average molecular weight is 235 g/mol. The number of nitrogens with two attached hydrogens (primary N) is 1. The van der Waals surface area contributed by atoms with Gasteiger partial charge < -0.3 is 15.5 Å². The molecule has 0 spiro atoms. The molecule has 0 aliphatic carbocycles. The number of aromatic amines is 1. The number of rotatable bonds is 3. The topological polar surface area (TPSA) is 84.0 Å². The van der Waals surface area contributed by atoms with E-state index in [1.54, 1.807) is 12.1 Å². The Morgan fingerprint density at radius 2 is 2.18 bits per heavy atom. The maximum atomic E-state index is 11.1. The minimum atomic E-state index is -0.446. The Morgan fingerprint density at radius 3 is 2.82 bits per heavy atom. The molecule has 92 valence electrons. The quantitative estimate of drug-likeness (QED) is 0.744. The maximum absolute atomic E-state index is 11.1. The lowest BCUT2D eigenvalue weighted by molar-refractivity contribution is 0.348. The standard InChI is InChI=1S/C12H17N3O2/c1-12(2,14-3)10(13)7-4-5-8-9(6-7)17-11(16)15-8/h4-6,10,14H,13H2,1-3H3,(H,15,16). The van der Waals surface area contributed by atoms with Gasteiger partial charge in [0.05, 0.1) is 5.52 Å². The molecule has 1 aromatic carbocycles. The third kappa shape index (κ3) is 2.11. The second-order valence-corrected chi connectivity index (χ2v) is 4.72. The summed E-state index contributed by atoms with van der Waals surface area (Å²) in [5.74, 6) is -0.446. The number of benzene rings is 1. The van der Waals surface area contributed by atoms with E-state index in [0.717, 1.165) is 5.56 Å². The van der Waals surface area contributed by atoms with Gasteiger partial charge in [0.2, 0.25) is 0 Å². The van der Waals surface area contributed by atoms with Crippen LogP contribution in [-0.4, -0.2) is 17.6 Å². The van der Waals surface area contributed by atoms with Crippen molar-refractivity contribution in [3.8, 4) is 0 Å². The molecule has 1 aromatic heterocycles. The zero-order valence-electron chi connectivity index (χ0n) is 10.2. The van der Waals surface area contributed by atoms with Crippen molar-refractivity contribution in [1.29, 1.82) is 0 Å². The van der Waals surface area contributed by atoms with Gasteiger partial charge in [-0.25, -0.2) is 4.79 Å². The Labute approximate surface area is 99.0 Å². The number of H-pyrrole nitrogens is 1. The van der Waals surface area contributed by atoms with E-state index < -0.39 is 5.76 Å². The van der Waals surface area contributed by atoms with Crippen LogP contribution in [0.2, 0.25) is 0 Å². The van der Waals surface area contributed by atoms with Crippen LogP contribution in [-0.2, 0) is 0 Å². The highest BCUT2D eigenvalue weighted by atomic mass is 16.4. The molecule has 2 aromatic rings. The molecule has 4 N–H and O–H groups in total. The molecule has 0 bridgehead atoms. The highest BCUT2D eigenvalue weighted by molar-refractivity contribution is 5.72. The van der Waals surface area contributed by atoms with Crippen molar-refractivity contribution < 1.29 is 4.42 Å². The molecule has 0 fully saturated rings. The molecular formula is C12H17N3O2.